The lowest BCUT2D eigenvalue weighted by Gasteiger charge is -2.07. The number of rotatable bonds is 2. The maximum atomic E-state index is 13.3. The fourth-order valence-corrected chi connectivity index (χ4v) is 2.86. The number of hydrogen-bond acceptors (Lipinski definition) is 5. The molecule has 10 heteroatoms. The second-order valence-electron chi connectivity index (χ2n) is 5.96. The lowest BCUT2D eigenvalue weighted by molar-refractivity contribution is -0.141. The van der Waals surface area contributed by atoms with Crippen LogP contribution in [0.2, 0.25) is 5.02 Å². The van der Waals surface area contributed by atoms with E-state index >= 15 is 0 Å². The van der Waals surface area contributed by atoms with Gasteiger partial charge >= 0.3 is 11.8 Å². The molecule has 0 saturated heterocycles. The third-order valence-corrected chi connectivity index (χ3v) is 4.24. The molecule has 0 unspecified atom stereocenters. The molecule has 28 heavy (non-hydrogen) atoms. The van der Waals surface area contributed by atoms with Gasteiger partial charge in [-0.2, -0.15) is 18.3 Å². The average Bonchev–Trinajstić information content (AvgIpc) is 3.07. The highest BCUT2D eigenvalue weighted by molar-refractivity contribution is 6.32. The first-order valence-corrected chi connectivity index (χ1v) is 8.32. The van der Waals surface area contributed by atoms with Crippen molar-refractivity contribution in [3.63, 3.8) is 0 Å². The number of halogens is 4. The van der Waals surface area contributed by atoms with E-state index in [1.807, 2.05) is 0 Å². The highest BCUT2D eigenvalue weighted by Crippen LogP contribution is 2.33. The van der Waals surface area contributed by atoms with Crippen molar-refractivity contribution in [2.75, 3.05) is 0 Å². The van der Waals surface area contributed by atoms with Crippen LogP contribution in [0.1, 0.15) is 11.3 Å². The van der Waals surface area contributed by atoms with E-state index in [0.717, 1.165) is 16.3 Å². The van der Waals surface area contributed by atoms with Gasteiger partial charge < -0.3 is 4.42 Å². The van der Waals surface area contributed by atoms with E-state index in [9.17, 15) is 18.0 Å². The Morgan fingerprint density at radius 1 is 1.18 bits per heavy atom. The number of pyridine rings is 1. The predicted octanol–water partition coefficient (Wildman–Crippen LogP) is 4.42. The second-order valence-corrected chi connectivity index (χ2v) is 6.37. The van der Waals surface area contributed by atoms with Gasteiger partial charge in [0.1, 0.15) is 5.69 Å². The summed E-state index contributed by atoms with van der Waals surface area (Å²) in [5, 5.41) is 3.84. The van der Waals surface area contributed by atoms with Crippen LogP contribution < -0.4 is 5.63 Å². The maximum Gasteiger partial charge on any atom is 0.435 e. The van der Waals surface area contributed by atoms with Gasteiger partial charge in [-0.25, -0.2) is 19.4 Å². The zero-order chi connectivity index (χ0) is 20.1. The van der Waals surface area contributed by atoms with Crippen LogP contribution >= 0.6 is 11.6 Å². The molecular weight excluding hydrogens is 397 g/mol. The zero-order valence-corrected chi connectivity index (χ0v) is 14.9. The summed E-state index contributed by atoms with van der Waals surface area (Å²) >= 11 is 6.07. The van der Waals surface area contributed by atoms with Crippen molar-refractivity contribution >= 4 is 22.5 Å². The molecule has 0 spiro atoms. The minimum Gasteiger partial charge on any atom is -0.401 e. The van der Waals surface area contributed by atoms with Crippen molar-refractivity contribution in [1.29, 1.82) is 0 Å². The molecule has 4 rings (SSSR count). The second kappa shape index (κ2) is 6.45. The predicted molar refractivity (Wildman–Crippen MR) is 95.4 cm³/mol. The minimum atomic E-state index is -4.73. The van der Waals surface area contributed by atoms with Gasteiger partial charge in [0.05, 0.1) is 15.9 Å². The SMILES string of the molecule is Cc1ccc2c(=O)oc(-c3cc(C(F)(F)F)nn3-c3ncccc3Cl)nc2c1. The highest BCUT2D eigenvalue weighted by Gasteiger charge is 2.36. The zero-order valence-electron chi connectivity index (χ0n) is 14.2. The fraction of sp³-hybridized carbons (Fsp3) is 0.111. The van der Waals surface area contributed by atoms with E-state index in [2.05, 4.69) is 15.1 Å². The molecule has 0 fully saturated rings. The Hall–Kier alpha value is -3.20. The summed E-state index contributed by atoms with van der Waals surface area (Å²) < 4.78 is 45.8. The number of fused-ring (bicyclic) bond motifs is 1. The number of benzene rings is 1. The Labute approximate surface area is 160 Å². The molecule has 6 nitrogen and oxygen atoms in total. The highest BCUT2D eigenvalue weighted by atomic mass is 35.5. The van der Waals surface area contributed by atoms with Crippen molar-refractivity contribution in [2.24, 2.45) is 0 Å². The summed E-state index contributed by atoms with van der Waals surface area (Å²) in [4.78, 5) is 20.5. The van der Waals surface area contributed by atoms with Crippen LogP contribution in [-0.4, -0.2) is 19.7 Å². The number of alkyl halides is 3. The Morgan fingerprint density at radius 2 is 1.96 bits per heavy atom. The quantitative estimate of drug-likeness (QED) is 0.493. The van der Waals surface area contributed by atoms with E-state index in [4.69, 9.17) is 16.0 Å². The first kappa shape index (κ1) is 18.2. The summed E-state index contributed by atoms with van der Waals surface area (Å²) in [6.07, 6.45) is -3.37. The molecule has 0 aliphatic carbocycles. The molecule has 0 saturated carbocycles. The van der Waals surface area contributed by atoms with Crippen molar-refractivity contribution in [3.8, 4) is 17.4 Å². The van der Waals surface area contributed by atoms with Gasteiger partial charge in [0.15, 0.2) is 11.5 Å². The van der Waals surface area contributed by atoms with Crippen LogP contribution in [0.15, 0.2) is 51.8 Å². The smallest absolute Gasteiger partial charge is 0.401 e. The van der Waals surface area contributed by atoms with Crippen LogP contribution in [0.4, 0.5) is 13.2 Å². The van der Waals surface area contributed by atoms with E-state index in [1.165, 1.54) is 18.3 Å². The van der Waals surface area contributed by atoms with E-state index < -0.39 is 17.5 Å². The Morgan fingerprint density at radius 3 is 2.68 bits per heavy atom. The third kappa shape index (κ3) is 3.13. The van der Waals surface area contributed by atoms with Gasteiger partial charge in [-0.05, 0) is 36.8 Å². The average molecular weight is 407 g/mol. The van der Waals surface area contributed by atoms with Crippen molar-refractivity contribution in [1.82, 2.24) is 19.7 Å². The molecule has 0 bridgehead atoms. The van der Waals surface area contributed by atoms with Crippen LogP contribution in [-0.2, 0) is 6.18 Å². The normalized spacial score (nSPS) is 11.9. The third-order valence-electron chi connectivity index (χ3n) is 3.94. The molecule has 0 N–H and O–H groups in total. The number of nitrogens with zero attached hydrogens (tertiary/aromatic N) is 4. The van der Waals surface area contributed by atoms with E-state index in [1.54, 1.807) is 25.1 Å². The Balaban J connectivity index is 2.02. The van der Waals surface area contributed by atoms with Crippen LogP contribution in [0.25, 0.3) is 28.3 Å². The van der Waals surface area contributed by atoms with Crippen LogP contribution in [0, 0.1) is 6.92 Å². The summed E-state index contributed by atoms with van der Waals surface area (Å²) in [6, 6.07) is 8.60. The first-order chi connectivity index (χ1) is 13.2. The molecule has 0 radical (unpaired) electrons. The van der Waals surface area contributed by atoms with Gasteiger partial charge in [-0.15, -0.1) is 0 Å². The molecule has 0 atom stereocenters. The molecular formula is C18H10ClF3N4O2. The van der Waals surface area contributed by atoms with Crippen molar-refractivity contribution < 1.29 is 17.6 Å². The molecule has 0 aliphatic rings. The van der Waals surface area contributed by atoms with Gasteiger partial charge in [-0.3, -0.25) is 0 Å². The summed E-state index contributed by atoms with van der Waals surface area (Å²) in [5.74, 6) is -0.378. The van der Waals surface area contributed by atoms with Gasteiger partial charge in [-0.1, -0.05) is 17.7 Å². The Bertz CT molecular complexity index is 1260. The number of hydrogen-bond donors (Lipinski definition) is 0. The number of aromatic nitrogens is 4. The van der Waals surface area contributed by atoms with E-state index in [0.29, 0.717) is 5.52 Å². The van der Waals surface area contributed by atoms with E-state index in [-0.39, 0.29) is 27.8 Å². The molecule has 3 aromatic heterocycles. The fourth-order valence-electron chi connectivity index (χ4n) is 2.66. The summed E-state index contributed by atoms with van der Waals surface area (Å²) in [5.41, 5.74) is -1.01. The molecule has 0 aliphatic heterocycles. The molecule has 142 valence electrons. The van der Waals surface area contributed by atoms with Crippen LogP contribution in [0.5, 0.6) is 0 Å². The van der Waals surface area contributed by atoms with Crippen LogP contribution in [0.3, 0.4) is 0 Å². The number of aryl methyl sites for hydroxylation is 1. The monoisotopic (exact) mass is 406 g/mol. The largest absolute Gasteiger partial charge is 0.435 e. The standard InChI is InChI=1S/C18H10ClF3N4O2/c1-9-4-5-10-12(7-9)24-16(28-17(10)27)13-8-14(18(20,21)22)25-26(13)15-11(19)3-2-6-23-15/h2-8H,1H3. The topological polar surface area (TPSA) is 73.8 Å². The minimum absolute atomic E-state index is 0.0524. The first-order valence-electron chi connectivity index (χ1n) is 7.94. The molecule has 1 aromatic carbocycles. The van der Waals surface area contributed by atoms with Gasteiger partial charge in [0.25, 0.3) is 0 Å². The maximum absolute atomic E-state index is 13.3. The molecule has 3 heterocycles. The lowest BCUT2D eigenvalue weighted by atomic mass is 10.2. The van der Waals surface area contributed by atoms with Crippen molar-refractivity contribution in [2.45, 2.75) is 13.1 Å². The van der Waals surface area contributed by atoms with Gasteiger partial charge in [0, 0.05) is 12.3 Å². The molecule has 4 aromatic rings. The summed E-state index contributed by atoms with van der Waals surface area (Å²) in [7, 11) is 0. The van der Waals surface area contributed by atoms with Gasteiger partial charge in [0.2, 0.25) is 5.89 Å². The Kier molecular flexibility index (Phi) is 4.19. The van der Waals surface area contributed by atoms with Crippen molar-refractivity contribution in [3.05, 3.63) is 69.3 Å². The molecule has 0 amide bonds. The lowest BCUT2D eigenvalue weighted by Crippen LogP contribution is -2.09. The summed E-state index contributed by atoms with van der Waals surface area (Å²) in [6.45, 7) is 1.80.